The number of benzene rings is 2. The van der Waals surface area contributed by atoms with Gasteiger partial charge in [-0.2, -0.15) is 0 Å². The molecule has 0 atom stereocenters. The zero-order chi connectivity index (χ0) is 13.8. The Hall–Kier alpha value is -1.86. The first-order valence-corrected chi connectivity index (χ1v) is 7.91. The fraction of sp³-hybridized carbons (Fsp3) is 0.158. The van der Waals surface area contributed by atoms with Gasteiger partial charge in [0.1, 0.15) is 0 Å². The van der Waals surface area contributed by atoms with E-state index < -0.39 is 0 Å². The second kappa shape index (κ2) is 5.64. The van der Waals surface area contributed by atoms with Gasteiger partial charge in [-0.05, 0) is 29.0 Å². The number of thiophene rings is 1. The molecule has 0 saturated heterocycles. The smallest absolute Gasteiger partial charge is 0.0542 e. The van der Waals surface area contributed by atoms with Gasteiger partial charge in [-0.25, -0.2) is 0 Å². The van der Waals surface area contributed by atoms with E-state index in [1.165, 1.54) is 16.0 Å². The van der Waals surface area contributed by atoms with Gasteiger partial charge in [0.05, 0.1) is 5.41 Å². The van der Waals surface area contributed by atoms with E-state index in [2.05, 4.69) is 85.1 Å². The van der Waals surface area contributed by atoms with Crippen molar-refractivity contribution in [2.45, 2.75) is 18.8 Å². The standard InChI is InChI=1S/C19H18S/c1-2-19(18-14-9-15-20-18,16-10-5-3-6-11-16)17-12-7-4-8-13-17/h3-15H,2H2,1H3. The summed E-state index contributed by atoms with van der Waals surface area (Å²) in [5.41, 5.74) is 2.71. The molecule has 0 unspecified atom stereocenters. The molecule has 2 aromatic carbocycles. The lowest BCUT2D eigenvalue weighted by atomic mass is 9.71. The zero-order valence-electron chi connectivity index (χ0n) is 11.6. The summed E-state index contributed by atoms with van der Waals surface area (Å²) >= 11 is 1.84. The van der Waals surface area contributed by atoms with Crippen molar-refractivity contribution in [2.24, 2.45) is 0 Å². The topological polar surface area (TPSA) is 0 Å². The van der Waals surface area contributed by atoms with Crippen LogP contribution in [-0.2, 0) is 5.41 Å². The van der Waals surface area contributed by atoms with Crippen molar-refractivity contribution in [1.29, 1.82) is 0 Å². The molecule has 0 spiro atoms. The van der Waals surface area contributed by atoms with E-state index in [0.29, 0.717) is 0 Å². The van der Waals surface area contributed by atoms with Crippen molar-refractivity contribution in [2.75, 3.05) is 0 Å². The number of rotatable bonds is 4. The van der Waals surface area contributed by atoms with Gasteiger partial charge in [-0.15, -0.1) is 11.3 Å². The average Bonchev–Trinajstić information content (AvgIpc) is 3.06. The van der Waals surface area contributed by atoms with Gasteiger partial charge in [0, 0.05) is 4.88 Å². The monoisotopic (exact) mass is 278 g/mol. The van der Waals surface area contributed by atoms with E-state index >= 15 is 0 Å². The largest absolute Gasteiger partial charge is 0.148 e. The van der Waals surface area contributed by atoms with Crippen LogP contribution in [0.15, 0.2) is 78.2 Å². The lowest BCUT2D eigenvalue weighted by molar-refractivity contribution is 0.606. The molecule has 0 fully saturated rings. The quantitative estimate of drug-likeness (QED) is 0.591. The first-order chi connectivity index (χ1) is 9.88. The Kier molecular flexibility index (Phi) is 3.70. The highest BCUT2D eigenvalue weighted by Gasteiger charge is 2.35. The summed E-state index contributed by atoms with van der Waals surface area (Å²) in [4.78, 5) is 1.41. The molecular formula is C19H18S. The maximum absolute atomic E-state index is 2.28. The fourth-order valence-corrected chi connectivity index (χ4v) is 4.04. The molecule has 0 nitrogen and oxygen atoms in total. The normalized spacial score (nSPS) is 11.4. The molecule has 20 heavy (non-hydrogen) atoms. The maximum atomic E-state index is 2.28. The van der Waals surface area contributed by atoms with Gasteiger partial charge >= 0.3 is 0 Å². The van der Waals surface area contributed by atoms with Crippen molar-refractivity contribution in [3.05, 3.63) is 94.2 Å². The van der Waals surface area contributed by atoms with E-state index in [4.69, 9.17) is 0 Å². The minimum Gasteiger partial charge on any atom is -0.148 e. The van der Waals surface area contributed by atoms with Crippen LogP contribution in [0.1, 0.15) is 29.3 Å². The number of hydrogen-bond acceptors (Lipinski definition) is 1. The van der Waals surface area contributed by atoms with Crippen LogP contribution in [0.2, 0.25) is 0 Å². The summed E-state index contributed by atoms with van der Waals surface area (Å²) in [5.74, 6) is 0. The molecule has 0 N–H and O–H groups in total. The second-order valence-corrected chi connectivity index (χ2v) is 5.92. The van der Waals surface area contributed by atoms with Crippen molar-refractivity contribution < 1.29 is 0 Å². The van der Waals surface area contributed by atoms with Crippen LogP contribution < -0.4 is 0 Å². The summed E-state index contributed by atoms with van der Waals surface area (Å²) in [6, 6.07) is 26.1. The number of hydrogen-bond donors (Lipinski definition) is 0. The Morgan fingerprint density at radius 3 is 1.70 bits per heavy atom. The summed E-state index contributed by atoms with van der Waals surface area (Å²) < 4.78 is 0. The highest BCUT2D eigenvalue weighted by atomic mass is 32.1. The maximum Gasteiger partial charge on any atom is 0.0542 e. The van der Waals surface area contributed by atoms with Crippen molar-refractivity contribution in [1.82, 2.24) is 0 Å². The van der Waals surface area contributed by atoms with Gasteiger partial charge in [0.15, 0.2) is 0 Å². The van der Waals surface area contributed by atoms with Crippen LogP contribution in [0, 0.1) is 0 Å². The van der Waals surface area contributed by atoms with Gasteiger partial charge in [0.2, 0.25) is 0 Å². The molecule has 0 aliphatic heterocycles. The second-order valence-electron chi connectivity index (χ2n) is 4.97. The fourth-order valence-electron chi connectivity index (χ4n) is 3.00. The predicted molar refractivity (Wildman–Crippen MR) is 87.4 cm³/mol. The summed E-state index contributed by atoms with van der Waals surface area (Å²) in [6.45, 7) is 2.28. The van der Waals surface area contributed by atoms with Crippen molar-refractivity contribution in [3.63, 3.8) is 0 Å². The predicted octanol–water partition coefficient (Wildman–Crippen LogP) is 5.49. The third-order valence-corrected chi connectivity index (χ3v) is 5.04. The van der Waals surface area contributed by atoms with E-state index in [9.17, 15) is 0 Å². The molecule has 0 radical (unpaired) electrons. The molecule has 1 heterocycles. The first-order valence-electron chi connectivity index (χ1n) is 7.03. The molecule has 0 bridgehead atoms. The van der Waals surface area contributed by atoms with Gasteiger partial charge in [0.25, 0.3) is 0 Å². The lowest BCUT2D eigenvalue weighted by Crippen LogP contribution is -2.27. The minimum atomic E-state index is -0.0311. The third kappa shape index (κ3) is 2.08. The van der Waals surface area contributed by atoms with Crippen molar-refractivity contribution >= 4 is 11.3 Å². The molecule has 100 valence electrons. The van der Waals surface area contributed by atoms with Gasteiger partial charge < -0.3 is 0 Å². The Labute approximate surface area is 124 Å². The lowest BCUT2D eigenvalue weighted by Gasteiger charge is -2.33. The van der Waals surface area contributed by atoms with E-state index in [1.54, 1.807) is 0 Å². The molecule has 0 amide bonds. The molecule has 1 aromatic heterocycles. The highest BCUT2D eigenvalue weighted by Crippen LogP contribution is 2.43. The molecule has 3 aromatic rings. The Morgan fingerprint density at radius 1 is 0.750 bits per heavy atom. The van der Waals surface area contributed by atoms with E-state index in [0.717, 1.165) is 6.42 Å². The Bertz CT molecular complexity index is 599. The first kappa shape index (κ1) is 13.1. The average molecular weight is 278 g/mol. The molecule has 0 aliphatic carbocycles. The van der Waals surface area contributed by atoms with Crippen molar-refractivity contribution in [3.8, 4) is 0 Å². The SMILES string of the molecule is CCC(c1ccccc1)(c1ccccc1)c1cccs1. The molecule has 0 saturated carbocycles. The van der Waals surface area contributed by atoms with Crippen LogP contribution in [0.3, 0.4) is 0 Å². The van der Waals surface area contributed by atoms with Crippen LogP contribution in [0.5, 0.6) is 0 Å². The van der Waals surface area contributed by atoms with Crippen LogP contribution in [-0.4, -0.2) is 0 Å². The molecular weight excluding hydrogens is 260 g/mol. The van der Waals surface area contributed by atoms with Crippen LogP contribution in [0.25, 0.3) is 0 Å². The summed E-state index contributed by atoms with van der Waals surface area (Å²) in [5, 5.41) is 2.17. The molecule has 3 rings (SSSR count). The summed E-state index contributed by atoms with van der Waals surface area (Å²) in [7, 11) is 0. The minimum absolute atomic E-state index is 0.0311. The third-order valence-electron chi connectivity index (χ3n) is 4.01. The summed E-state index contributed by atoms with van der Waals surface area (Å²) in [6.07, 6.45) is 1.06. The van der Waals surface area contributed by atoms with Gasteiger partial charge in [-0.1, -0.05) is 73.7 Å². The zero-order valence-corrected chi connectivity index (χ0v) is 12.4. The van der Waals surface area contributed by atoms with Crippen LogP contribution >= 0.6 is 11.3 Å². The Morgan fingerprint density at radius 2 is 1.30 bits per heavy atom. The molecule has 0 aliphatic rings. The molecule has 1 heteroatoms. The van der Waals surface area contributed by atoms with E-state index in [-0.39, 0.29) is 5.41 Å². The van der Waals surface area contributed by atoms with E-state index in [1.807, 2.05) is 11.3 Å². The van der Waals surface area contributed by atoms with Gasteiger partial charge in [-0.3, -0.25) is 0 Å². The Balaban J connectivity index is 2.27. The van der Waals surface area contributed by atoms with Crippen LogP contribution in [0.4, 0.5) is 0 Å². The highest BCUT2D eigenvalue weighted by molar-refractivity contribution is 7.10.